The summed E-state index contributed by atoms with van der Waals surface area (Å²) < 4.78 is 0. The second-order valence-corrected chi connectivity index (χ2v) is 4.40. The Morgan fingerprint density at radius 1 is 1.25 bits per heavy atom. The van der Waals surface area contributed by atoms with Crippen LogP contribution < -0.4 is 10.6 Å². The van der Waals surface area contributed by atoms with E-state index in [1.807, 2.05) is 12.1 Å². The highest BCUT2D eigenvalue weighted by atomic mass is 16.3. The highest BCUT2D eigenvalue weighted by Gasteiger charge is 2.12. The van der Waals surface area contributed by atoms with E-state index in [-0.39, 0.29) is 6.61 Å². The molecule has 88 valence electrons. The van der Waals surface area contributed by atoms with E-state index in [0.717, 1.165) is 25.2 Å². The van der Waals surface area contributed by atoms with Gasteiger partial charge in [0.1, 0.15) is 0 Å². The maximum atomic E-state index is 8.92. The van der Waals surface area contributed by atoms with E-state index < -0.39 is 0 Å². The van der Waals surface area contributed by atoms with Gasteiger partial charge in [0.25, 0.3) is 0 Å². The summed E-state index contributed by atoms with van der Waals surface area (Å²) in [5, 5.41) is 15.8. The zero-order valence-electron chi connectivity index (χ0n) is 9.58. The zero-order chi connectivity index (χ0) is 11.2. The van der Waals surface area contributed by atoms with Crippen molar-refractivity contribution >= 4 is 0 Å². The summed E-state index contributed by atoms with van der Waals surface area (Å²) in [6.07, 6.45) is 2.59. The van der Waals surface area contributed by atoms with Crippen LogP contribution in [0.25, 0.3) is 0 Å². The van der Waals surface area contributed by atoms with Crippen LogP contribution in [0.15, 0.2) is 24.3 Å². The molecule has 0 radical (unpaired) electrons. The normalized spacial score (nSPS) is 20.2. The van der Waals surface area contributed by atoms with Crippen molar-refractivity contribution in [2.24, 2.45) is 0 Å². The first kappa shape index (κ1) is 11.6. The summed E-state index contributed by atoms with van der Waals surface area (Å²) in [7, 11) is 0. The monoisotopic (exact) mass is 220 g/mol. The lowest BCUT2D eigenvalue weighted by Gasteiger charge is -2.11. The second-order valence-electron chi connectivity index (χ2n) is 4.40. The van der Waals surface area contributed by atoms with Crippen molar-refractivity contribution < 1.29 is 5.11 Å². The van der Waals surface area contributed by atoms with E-state index in [2.05, 4.69) is 22.8 Å². The first-order valence-electron chi connectivity index (χ1n) is 6.01. The number of rotatable bonds is 5. The van der Waals surface area contributed by atoms with Crippen molar-refractivity contribution in [3.63, 3.8) is 0 Å². The number of aliphatic hydroxyl groups excluding tert-OH is 1. The van der Waals surface area contributed by atoms with Crippen LogP contribution in [0, 0.1) is 0 Å². The maximum absolute atomic E-state index is 8.92. The zero-order valence-corrected chi connectivity index (χ0v) is 9.58. The Bertz CT molecular complexity index is 304. The lowest BCUT2D eigenvalue weighted by Crippen LogP contribution is -2.33. The SMILES string of the molecule is OCc1ccc(CNCC2CCCN2)cc1. The molecule has 2 rings (SSSR count). The molecule has 1 aliphatic rings. The van der Waals surface area contributed by atoms with Gasteiger partial charge in [0.05, 0.1) is 6.61 Å². The Morgan fingerprint density at radius 2 is 2.00 bits per heavy atom. The van der Waals surface area contributed by atoms with E-state index in [1.54, 1.807) is 0 Å². The molecule has 1 aliphatic heterocycles. The smallest absolute Gasteiger partial charge is 0.0681 e. The molecule has 0 bridgehead atoms. The number of hydrogen-bond donors (Lipinski definition) is 3. The average molecular weight is 220 g/mol. The standard InChI is InChI=1S/C13H20N2O/c16-10-12-5-3-11(4-6-12)8-14-9-13-2-1-7-15-13/h3-6,13-16H,1-2,7-10H2. The molecule has 3 heteroatoms. The molecule has 0 spiro atoms. The van der Waals surface area contributed by atoms with E-state index in [0.29, 0.717) is 6.04 Å². The van der Waals surface area contributed by atoms with Gasteiger partial charge in [-0.25, -0.2) is 0 Å². The van der Waals surface area contributed by atoms with E-state index in [4.69, 9.17) is 5.11 Å². The molecule has 1 fully saturated rings. The second kappa shape index (κ2) is 5.99. The van der Waals surface area contributed by atoms with Gasteiger partial charge in [-0.2, -0.15) is 0 Å². The predicted molar refractivity (Wildman–Crippen MR) is 65.1 cm³/mol. The minimum atomic E-state index is 0.125. The van der Waals surface area contributed by atoms with Gasteiger partial charge in [-0.3, -0.25) is 0 Å². The van der Waals surface area contributed by atoms with Crippen LogP contribution in [0.5, 0.6) is 0 Å². The van der Waals surface area contributed by atoms with Gasteiger partial charge in [-0.15, -0.1) is 0 Å². The molecule has 0 aliphatic carbocycles. The molecular weight excluding hydrogens is 200 g/mol. The fraction of sp³-hybridized carbons (Fsp3) is 0.538. The van der Waals surface area contributed by atoms with Crippen LogP contribution in [0.3, 0.4) is 0 Å². The van der Waals surface area contributed by atoms with Gasteiger partial charge < -0.3 is 15.7 Å². The quantitative estimate of drug-likeness (QED) is 0.694. The third kappa shape index (κ3) is 3.30. The van der Waals surface area contributed by atoms with Crippen molar-refractivity contribution in [2.45, 2.75) is 32.0 Å². The summed E-state index contributed by atoms with van der Waals surface area (Å²) in [5.74, 6) is 0. The highest BCUT2D eigenvalue weighted by Crippen LogP contribution is 2.06. The number of benzene rings is 1. The predicted octanol–water partition coefficient (Wildman–Crippen LogP) is 1.02. The molecule has 1 aromatic rings. The summed E-state index contributed by atoms with van der Waals surface area (Å²) in [5.41, 5.74) is 2.25. The molecule has 0 aromatic heterocycles. The fourth-order valence-electron chi connectivity index (χ4n) is 2.08. The third-order valence-corrected chi connectivity index (χ3v) is 3.09. The number of hydrogen-bond acceptors (Lipinski definition) is 3. The van der Waals surface area contributed by atoms with Gasteiger partial charge in [-0.1, -0.05) is 24.3 Å². The average Bonchev–Trinajstić information content (AvgIpc) is 2.83. The lowest BCUT2D eigenvalue weighted by molar-refractivity contribution is 0.282. The highest BCUT2D eigenvalue weighted by molar-refractivity contribution is 5.21. The first-order chi connectivity index (χ1) is 7.88. The Balaban J connectivity index is 1.71. The van der Waals surface area contributed by atoms with Gasteiger partial charge >= 0.3 is 0 Å². The van der Waals surface area contributed by atoms with Crippen LogP contribution in [0.2, 0.25) is 0 Å². The molecule has 1 heterocycles. The van der Waals surface area contributed by atoms with Crippen LogP contribution >= 0.6 is 0 Å². The Hall–Kier alpha value is -0.900. The largest absolute Gasteiger partial charge is 0.392 e. The van der Waals surface area contributed by atoms with Crippen molar-refractivity contribution in [3.8, 4) is 0 Å². The van der Waals surface area contributed by atoms with Crippen molar-refractivity contribution in [1.29, 1.82) is 0 Å². The van der Waals surface area contributed by atoms with E-state index in [1.165, 1.54) is 18.4 Å². The Morgan fingerprint density at radius 3 is 2.62 bits per heavy atom. The molecule has 16 heavy (non-hydrogen) atoms. The minimum Gasteiger partial charge on any atom is -0.392 e. The third-order valence-electron chi connectivity index (χ3n) is 3.09. The van der Waals surface area contributed by atoms with Gasteiger partial charge in [0.15, 0.2) is 0 Å². The van der Waals surface area contributed by atoms with E-state index in [9.17, 15) is 0 Å². The molecule has 1 atom stereocenters. The van der Waals surface area contributed by atoms with Gasteiger partial charge in [0.2, 0.25) is 0 Å². The van der Waals surface area contributed by atoms with Crippen LogP contribution in [0.1, 0.15) is 24.0 Å². The lowest BCUT2D eigenvalue weighted by atomic mass is 10.1. The van der Waals surface area contributed by atoms with Crippen molar-refractivity contribution in [1.82, 2.24) is 10.6 Å². The summed E-state index contributed by atoms with van der Waals surface area (Å²) >= 11 is 0. The van der Waals surface area contributed by atoms with Gasteiger partial charge in [0, 0.05) is 19.1 Å². The van der Waals surface area contributed by atoms with Crippen LogP contribution in [0.4, 0.5) is 0 Å². The summed E-state index contributed by atoms with van der Waals surface area (Å²) in [6.45, 7) is 3.24. The fourth-order valence-corrected chi connectivity index (χ4v) is 2.08. The van der Waals surface area contributed by atoms with Crippen molar-refractivity contribution in [3.05, 3.63) is 35.4 Å². The van der Waals surface area contributed by atoms with Crippen molar-refractivity contribution in [2.75, 3.05) is 13.1 Å². The summed E-state index contributed by atoms with van der Waals surface area (Å²) in [6, 6.07) is 8.74. The van der Waals surface area contributed by atoms with Crippen LogP contribution in [-0.2, 0) is 13.2 Å². The Kier molecular flexibility index (Phi) is 4.34. The Labute approximate surface area is 96.9 Å². The molecule has 1 saturated heterocycles. The molecule has 0 amide bonds. The maximum Gasteiger partial charge on any atom is 0.0681 e. The van der Waals surface area contributed by atoms with Gasteiger partial charge in [-0.05, 0) is 30.5 Å². The molecule has 1 unspecified atom stereocenters. The molecule has 0 saturated carbocycles. The molecular formula is C13H20N2O. The minimum absolute atomic E-state index is 0.125. The number of nitrogens with one attached hydrogen (secondary N) is 2. The first-order valence-corrected chi connectivity index (χ1v) is 6.01. The van der Waals surface area contributed by atoms with E-state index >= 15 is 0 Å². The number of aliphatic hydroxyl groups is 1. The molecule has 1 aromatic carbocycles. The molecule has 3 N–H and O–H groups in total. The van der Waals surface area contributed by atoms with Crippen LogP contribution in [-0.4, -0.2) is 24.2 Å². The summed E-state index contributed by atoms with van der Waals surface area (Å²) in [4.78, 5) is 0. The topological polar surface area (TPSA) is 44.3 Å². The molecule has 3 nitrogen and oxygen atoms in total.